The van der Waals surface area contributed by atoms with Crippen LogP contribution in [0, 0.1) is 5.41 Å². The molecular formula is C8H15NOS. The lowest BCUT2D eigenvalue weighted by molar-refractivity contribution is -0.121. The van der Waals surface area contributed by atoms with E-state index in [0.29, 0.717) is 17.2 Å². The summed E-state index contributed by atoms with van der Waals surface area (Å²) < 4.78 is 0. The van der Waals surface area contributed by atoms with E-state index in [1.807, 2.05) is 0 Å². The molecule has 1 amide bonds. The highest BCUT2D eigenvalue weighted by Crippen LogP contribution is 2.39. The van der Waals surface area contributed by atoms with Gasteiger partial charge in [-0.2, -0.15) is 12.6 Å². The molecule has 3 heteroatoms. The molecule has 0 bridgehead atoms. The number of rotatable bonds is 2. The second-order valence-electron chi connectivity index (χ2n) is 3.81. The van der Waals surface area contributed by atoms with E-state index in [4.69, 9.17) is 0 Å². The Bertz CT molecular complexity index is 167. The van der Waals surface area contributed by atoms with Crippen LogP contribution < -0.4 is 5.32 Å². The predicted octanol–water partition coefficient (Wildman–Crippen LogP) is 1.22. The molecule has 0 saturated heterocycles. The highest BCUT2D eigenvalue weighted by atomic mass is 32.1. The predicted molar refractivity (Wildman–Crippen MR) is 48.8 cm³/mol. The molecule has 1 fully saturated rings. The van der Waals surface area contributed by atoms with Crippen LogP contribution in [0.3, 0.4) is 0 Å². The van der Waals surface area contributed by atoms with E-state index in [0.717, 1.165) is 6.42 Å². The summed E-state index contributed by atoms with van der Waals surface area (Å²) in [6, 6.07) is 0.377. The fourth-order valence-corrected chi connectivity index (χ4v) is 1.46. The van der Waals surface area contributed by atoms with E-state index in [-0.39, 0.29) is 5.91 Å². The molecule has 1 aliphatic carbocycles. The van der Waals surface area contributed by atoms with Gasteiger partial charge in [-0.05, 0) is 18.3 Å². The Morgan fingerprint density at radius 1 is 1.73 bits per heavy atom. The van der Waals surface area contributed by atoms with Crippen molar-refractivity contribution in [2.45, 2.75) is 32.7 Å². The van der Waals surface area contributed by atoms with Crippen LogP contribution in [0.1, 0.15) is 26.7 Å². The summed E-state index contributed by atoms with van der Waals surface area (Å²) in [5, 5.41) is 2.94. The molecule has 1 unspecified atom stereocenters. The van der Waals surface area contributed by atoms with Crippen molar-refractivity contribution >= 4 is 18.5 Å². The van der Waals surface area contributed by atoms with E-state index in [2.05, 4.69) is 31.8 Å². The molecule has 11 heavy (non-hydrogen) atoms. The molecule has 0 aromatic rings. The first-order valence-corrected chi connectivity index (χ1v) is 4.60. The molecule has 0 heterocycles. The maximum atomic E-state index is 10.9. The molecule has 0 radical (unpaired) electrons. The largest absolute Gasteiger partial charge is 0.352 e. The minimum absolute atomic E-state index is 0.0473. The fourth-order valence-electron chi connectivity index (χ4n) is 1.37. The van der Waals surface area contributed by atoms with Crippen molar-refractivity contribution in [1.82, 2.24) is 5.32 Å². The van der Waals surface area contributed by atoms with Crippen molar-refractivity contribution in [3.63, 3.8) is 0 Å². The van der Waals surface area contributed by atoms with Crippen molar-refractivity contribution in [2.75, 3.05) is 5.75 Å². The maximum absolute atomic E-state index is 10.9. The highest BCUT2D eigenvalue weighted by Gasteiger charge is 2.38. The molecule has 1 N–H and O–H groups in total. The van der Waals surface area contributed by atoms with Crippen molar-refractivity contribution in [2.24, 2.45) is 5.41 Å². The quantitative estimate of drug-likeness (QED) is 0.604. The summed E-state index contributed by atoms with van der Waals surface area (Å²) in [6.45, 7) is 4.36. The van der Waals surface area contributed by atoms with Gasteiger partial charge in [-0.1, -0.05) is 13.8 Å². The van der Waals surface area contributed by atoms with Crippen molar-refractivity contribution in [3.8, 4) is 0 Å². The number of carbonyl (C=O) groups is 1. The van der Waals surface area contributed by atoms with Gasteiger partial charge in [0.15, 0.2) is 0 Å². The van der Waals surface area contributed by atoms with Gasteiger partial charge in [0.05, 0.1) is 5.75 Å². The first-order valence-electron chi connectivity index (χ1n) is 3.96. The molecule has 1 atom stereocenters. The van der Waals surface area contributed by atoms with Gasteiger partial charge in [0.2, 0.25) is 5.91 Å². The Balaban J connectivity index is 2.34. The van der Waals surface area contributed by atoms with E-state index in [1.54, 1.807) is 0 Å². The molecule has 0 aromatic heterocycles. The van der Waals surface area contributed by atoms with Crippen LogP contribution in [0.2, 0.25) is 0 Å². The lowest BCUT2D eigenvalue weighted by Crippen LogP contribution is -2.52. The summed E-state index contributed by atoms with van der Waals surface area (Å²) >= 11 is 3.90. The topological polar surface area (TPSA) is 29.1 Å². The summed E-state index contributed by atoms with van der Waals surface area (Å²) in [6.07, 6.45) is 2.33. The fraction of sp³-hybridized carbons (Fsp3) is 0.875. The van der Waals surface area contributed by atoms with Crippen LogP contribution >= 0.6 is 12.6 Å². The van der Waals surface area contributed by atoms with Crippen LogP contribution in [-0.2, 0) is 4.79 Å². The Morgan fingerprint density at radius 3 is 2.64 bits per heavy atom. The Hall–Kier alpha value is -0.180. The zero-order valence-corrected chi connectivity index (χ0v) is 7.95. The van der Waals surface area contributed by atoms with Crippen LogP contribution in [0.4, 0.5) is 0 Å². The minimum atomic E-state index is 0.0473. The highest BCUT2D eigenvalue weighted by molar-refractivity contribution is 7.81. The summed E-state index contributed by atoms with van der Waals surface area (Å²) in [7, 11) is 0. The van der Waals surface area contributed by atoms with Crippen LogP contribution in [0.15, 0.2) is 0 Å². The molecule has 0 aliphatic heterocycles. The van der Waals surface area contributed by atoms with Gasteiger partial charge in [-0.25, -0.2) is 0 Å². The SMILES string of the molecule is CC1(C)CCC1NC(=O)CS. The average Bonchev–Trinajstić information content (AvgIpc) is 1.98. The van der Waals surface area contributed by atoms with Crippen molar-refractivity contribution in [1.29, 1.82) is 0 Å². The second kappa shape index (κ2) is 3.05. The lowest BCUT2D eigenvalue weighted by atomic mass is 9.67. The number of nitrogens with one attached hydrogen (secondary N) is 1. The Morgan fingerprint density at radius 2 is 2.36 bits per heavy atom. The number of thiol groups is 1. The first-order chi connectivity index (χ1) is 5.06. The summed E-state index contributed by atoms with van der Waals surface area (Å²) in [5.74, 6) is 0.346. The van der Waals surface area contributed by atoms with Crippen molar-refractivity contribution in [3.05, 3.63) is 0 Å². The zero-order valence-electron chi connectivity index (χ0n) is 7.05. The number of hydrogen-bond acceptors (Lipinski definition) is 2. The van der Waals surface area contributed by atoms with Gasteiger partial charge in [0.1, 0.15) is 0 Å². The van der Waals surface area contributed by atoms with E-state index in [1.165, 1.54) is 6.42 Å². The smallest absolute Gasteiger partial charge is 0.229 e. The number of carbonyl (C=O) groups excluding carboxylic acids is 1. The molecule has 0 spiro atoms. The summed E-state index contributed by atoms with van der Waals surface area (Å²) in [4.78, 5) is 10.9. The van der Waals surface area contributed by atoms with Gasteiger partial charge in [-0.3, -0.25) is 4.79 Å². The van der Waals surface area contributed by atoms with Crippen LogP contribution in [0.5, 0.6) is 0 Å². The third-order valence-corrected chi connectivity index (χ3v) is 2.79. The zero-order chi connectivity index (χ0) is 8.48. The molecule has 1 rings (SSSR count). The molecular weight excluding hydrogens is 158 g/mol. The second-order valence-corrected chi connectivity index (χ2v) is 4.12. The van der Waals surface area contributed by atoms with E-state index < -0.39 is 0 Å². The van der Waals surface area contributed by atoms with E-state index in [9.17, 15) is 4.79 Å². The summed E-state index contributed by atoms with van der Waals surface area (Å²) in [5.41, 5.74) is 0.304. The molecule has 2 nitrogen and oxygen atoms in total. The lowest BCUT2D eigenvalue weighted by Gasteiger charge is -2.44. The van der Waals surface area contributed by atoms with Gasteiger partial charge in [0.25, 0.3) is 0 Å². The number of hydrogen-bond donors (Lipinski definition) is 2. The molecule has 64 valence electrons. The van der Waals surface area contributed by atoms with Crippen LogP contribution in [-0.4, -0.2) is 17.7 Å². The van der Waals surface area contributed by atoms with Gasteiger partial charge < -0.3 is 5.32 Å². The van der Waals surface area contributed by atoms with Crippen molar-refractivity contribution < 1.29 is 4.79 Å². The first kappa shape index (κ1) is 8.91. The Kier molecular flexibility index (Phi) is 2.47. The molecule has 0 aromatic carbocycles. The van der Waals surface area contributed by atoms with Gasteiger partial charge >= 0.3 is 0 Å². The van der Waals surface area contributed by atoms with E-state index >= 15 is 0 Å². The monoisotopic (exact) mass is 173 g/mol. The standard InChI is InChI=1S/C8H15NOS/c1-8(2)4-3-6(8)9-7(10)5-11/h6,11H,3-5H2,1-2H3,(H,9,10). The normalized spacial score (nSPS) is 27.4. The van der Waals surface area contributed by atoms with Gasteiger partial charge in [0, 0.05) is 6.04 Å². The average molecular weight is 173 g/mol. The van der Waals surface area contributed by atoms with Gasteiger partial charge in [-0.15, -0.1) is 0 Å². The Labute approximate surface area is 73.2 Å². The number of amides is 1. The third kappa shape index (κ3) is 1.89. The maximum Gasteiger partial charge on any atom is 0.229 e. The minimum Gasteiger partial charge on any atom is -0.352 e. The molecule has 1 saturated carbocycles. The third-order valence-electron chi connectivity index (χ3n) is 2.50. The van der Waals surface area contributed by atoms with Crippen LogP contribution in [0.25, 0.3) is 0 Å². The molecule has 1 aliphatic rings.